The number of hydrogen-bond acceptors (Lipinski definition) is 1. The Morgan fingerprint density at radius 2 is 0.452 bits per heavy atom. The molecule has 0 spiro atoms. The number of fused-ring (bicyclic) bond motifs is 3. The first-order valence-corrected chi connectivity index (χ1v) is 25.8. The van der Waals surface area contributed by atoms with Crippen molar-refractivity contribution in [1.29, 1.82) is 0 Å². The fourth-order valence-corrected chi connectivity index (χ4v) is 8.51. The Balaban J connectivity index is 0.000000126. The third-order valence-electron chi connectivity index (χ3n) is 12.3. The van der Waals surface area contributed by atoms with E-state index < -0.39 is 0 Å². The molecule has 0 bridgehead atoms. The van der Waals surface area contributed by atoms with E-state index in [1.807, 2.05) is 109 Å². The van der Waals surface area contributed by atoms with Crippen LogP contribution in [0.4, 0.5) is 0 Å². The lowest BCUT2D eigenvalue weighted by Crippen LogP contribution is -2.00. The third kappa shape index (κ3) is 19.7. The maximum Gasteiger partial charge on any atom is 0.127 e. The van der Waals surface area contributed by atoms with Crippen LogP contribution in [0.15, 0.2) is 315 Å². The molecular weight excluding hydrogens is 881 g/mol. The number of hydrogen-bond donors (Lipinski definition) is 0. The molecular formula is C72H68O. The van der Waals surface area contributed by atoms with Gasteiger partial charge < -0.3 is 4.74 Å². The molecule has 0 saturated carbocycles. The highest BCUT2D eigenvalue weighted by atomic mass is 16.5. The van der Waals surface area contributed by atoms with Gasteiger partial charge in [-0.25, -0.2) is 0 Å². The van der Waals surface area contributed by atoms with Crippen LogP contribution in [0.25, 0.3) is 21.9 Å². The quantitative estimate of drug-likeness (QED) is 0.167. The van der Waals surface area contributed by atoms with E-state index in [0.717, 1.165) is 17.9 Å². The molecule has 362 valence electrons. The van der Waals surface area contributed by atoms with Crippen molar-refractivity contribution in [2.75, 3.05) is 0 Å². The van der Waals surface area contributed by atoms with Crippen molar-refractivity contribution in [3.63, 3.8) is 0 Å². The van der Waals surface area contributed by atoms with Crippen LogP contribution < -0.4 is 4.74 Å². The average Bonchev–Trinajstić information content (AvgIpc) is 3.98. The summed E-state index contributed by atoms with van der Waals surface area (Å²) < 4.78 is 5.58. The van der Waals surface area contributed by atoms with E-state index in [2.05, 4.69) is 206 Å². The molecule has 11 aromatic rings. The average molecular weight is 949 g/mol. The molecule has 13 rings (SSSR count). The molecule has 2 aliphatic rings. The first-order valence-electron chi connectivity index (χ1n) is 25.8. The highest BCUT2D eigenvalue weighted by molar-refractivity contribution is 5.82. The highest BCUT2D eigenvalue weighted by Gasteiger charge is 2.08. The Kier molecular flexibility index (Phi) is 22.7. The minimum atomic E-state index is 0.869. The van der Waals surface area contributed by atoms with E-state index >= 15 is 0 Å². The van der Waals surface area contributed by atoms with Crippen LogP contribution >= 0.6 is 0 Å². The largest absolute Gasteiger partial charge is 0.457 e. The highest BCUT2D eigenvalue weighted by Crippen LogP contribution is 2.22. The van der Waals surface area contributed by atoms with Gasteiger partial charge in [-0.05, 0) is 131 Å². The van der Waals surface area contributed by atoms with Crippen molar-refractivity contribution in [2.45, 2.75) is 51.4 Å². The monoisotopic (exact) mass is 949 g/mol. The van der Waals surface area contributed by atoms with E-state index in [1.54, 1.807) is 22.3 Å². The summed E-state index contributed by atoms with van der Waals surface area (Å²) in [5, 5.41) is 2.62. The van der Waals surface area contributed by atoms with Gasteiger partial charge in [-0.2, -0.15) is 0 Å². The lowest BCUT2D eigenvalue weighted by Gasteiger charge is -2.13. The number of rotatable bonds is 5. The number of aryl methyl sites for hydroxylation is 4. The predicted molar refractivity (Wildman–Crippen MR) is 312 cm³/mol. The summed E-state index contributed by atoms with van der Waals surface area (Å²) in [5.41, 5.74) is 11.6. The molecule has 0 heterocycles. The molecule has 0 aliphatic heterocycles. The van der Waals surface area contributed by atoms with Gasteiger partial charge in [0.2, 0.25) is 0 Å². The maximum absolute atomic E-state index is 5.58. The second-order valence-corrected chi connectivity index (χ2v) is 17.7. The number of para-hydroxylation sites is 2. The van der Waals surface area contributed by atoms with Crippen LogP contribution in [-0.2, 0) is 32.1 Å². The standard InChI is InChI=1S/C13H12.C12H10O.C12H10.C10H12.C10H8.C9H10.C6H6/c1-3-7-12(8-4-1)11-13-9-5-2-6-10-13;1-3-7-11(8-4-1)13-12-9-5-2-6-10-12;1-3-7-11(8-4-1)12-9-5-2-6-10-12;2*1-2-6-10-8-4-3-7-9(10)5-1;1-2-5-9-7-3-6-8(9)4-1;1-2-4-6-5-3-1/h1-10H,11H2;1-10H;1-10H;1-2,5-6H,3-4,7-8H2;1-8H;1-2,4-5H,3,6-7H2;1-6H. The zero-order chi connectivity index (χ0) is 50.1. The Labute approximate surface area is 436 Å². The molecule has 73 heavy (non-hydrogen) atoms. The van der Waals surface area contributed by atoms with E-state index in [4.69, 9.17) is 4.74 Å². The molecule has 0 saturated heterocycles. The van der Waals surface area contributed by atoms with Crippen molar-refractivity contribution in [2.24, 2.45) is 0 Å². The lowest BCUT2D eigenvalue weighted by molar-refractivity contribution is 0.482. The maximum atomic E-state index is 5.58. The summed E-state index contributed by atoms with van der Waals surface area (Å²) in [5.74, 6) is 1.74. The van der Waals surface area contributed by atoms with Gasteiger partial charge in [0.15, 0.2) is 0 Å². The van der Waals surface area contributed by atoms with Gasteiger partial charge in [-0.15, -0.1) is 0 Å². The lowest BCUT2D eigenvalue weighted by atomic mass is 9.92. The fourth-order valence-electron chi connectivity index (χ4n) is 8.51. The predicted octanol–water partition coefficient (Wildman–Crippen LogP) is 19.4. The van der Waals surface area contributed by atoms with Crippen LogP contribution in [0.1, 0.15) is 52.6 Å². The SMILES string of the molecule is c1ccc(-c2ccccc2)cc1.c1ccc(Cc2ccccc2)cc1.c1ccc(Oc2ccccc2)cc1.c1ccc2c(c1)CCC2.c1ccc2c(c1)CCCC2.c1ccc2ccccc2c1.c1ccccc1. The van der Waals surface area contributed by atoms with Crippen LogP contribution in [0.2, 0.25) is 0 Å². The smallest absolute Gasteiger partial charge is 0.127 e. The Morgan fingerprint density at radius 1 is 0.219 bits per heavy atom. The van der Waals surface area contributed by atoms with Gasteiger partial charge in [0.25, 0.3) is 0 Å². The molecule has 0 aromatic heterocycles. The van der Waals surface area contributed by atoms with Crippen molar-refractivity contribution < 1.29 is 4.74 Å². The molecule has 2 aliphatic carbocycles. The van der Waals surface area contributed by atoms with Crippen LogP contribution in [0, 0.1) is 0 Å². The van der Waals surface area contributed by atoms with E-state index in [9.17, 15) is 0 Å². The van der Waals surface area contributed by atoms with Crippen molar-refractivity contribution in [3.05, 3.63) is 349 Å². The van der Waals surface area contributed by atoms with Crippen molar-refractivity contribution in [1.82, 2.24) is 0 Å². The Hall–Kier alpha value is -8.52. The Morgan fingerprint density at radius 3 is 0.767 bits per heavy atom. The van der Waals surface area contributed by atoms with Crippen LogP contribution in [0.5, 0.6) is 11.5 Å². The summed E-state index contributed by atoms with van der Waals surface area (Å²) >= 11 is 0. The van der Waals surface area contributed by atoms with Crippen LogP contribution in [-0.4, -0.2) is 0 Å². The summed E-state index contributed by atoms with van der Waals surface area (Å²) in [6.07, 6.45) is 10.4. The molecule has 0 N–H and O–H groups in total. The summed E-state index contributed by atoms with van der Waals surface area (Å²) in [6, 6.07) is 108. The first-order chi connectivity index (χ1) is 36.3. The number of ether oxygens (including phenoxy) is 1. The zero-order valence-corrected chi connectivity index (χ0v) is 42.1. The van der Waals surface area contributed by atoms with E-state index in [-0.39, 0.29) is 0 Å². The summed E-state index contributed by atoms with van der Waals surface area (Å²) in [4.78, 5) is 0. The summed E-state index contributed by atoms with van der Waals surface area (Å²) in [7, 11) is 0. The van der Waals surface area contributed by atoms with Gasteiger partial charge in [-0.3, -0.25) is 0 Å². The molecule has 1 nitrogen and oxygen atoms in total. The van der Waals surface area contributed by atoms with E-state index in [1.165, 1.54) is 78.0 Å². The molecule has 0 atom stereocenters. The minimum Gasteiger partial charge on any atom is -0.457 e. The van der Waals surface area contributed by atoms with Gasteiger partial charge >= 0.3 is 0 Å². The van der Waals surface area contributed by atoms with Crippen molar-refractivity contribution in [3.8, 4) is 22.6 Å². The first kappa shape index (κ1) is 52.3. The molecule has 11 aromatic carbocycles. The second kappa shape index (κ2) is 31.7. The normalized spacial score (nSPS) is 11.2. The zero-order valence-electron chi connectivity index (χ0n) is 42.1. The van der Waals surface area contributed by atoms with Gasteiger partial charge in [0.1, 0.15) is 11.5 Å². The second-order valence-electron chi connectivity index (χ2n) is 17.7. The van der Waals surface area contributed by atoms with Crippen LogP contribution in [0.3, 0.4) is 0 Å². The fraction of sp³-hybridized carbons (Fsp3) is 0.111. The molecule has 0 unspecified atom stereocenters. The molecule has 0 amide bonds. The topological polar surface area (TPSA) is 9.23 Å². The van der Waals surface area contributed by atoms with E-state index in [0.29, 0.717) is 0 Å². The molecule has 1 heteroatoms. The molecule has 0 fully saturated rings. The summed E-state index contributed by atoms with van der Waals surface area (Å²) in [6.45, 7) is 0. The van der Waals surface area contributed by atoms with Gasteiger partial charge in [0, 0.05) is 0 Å². The van der Waals surface area contributed by atoms with Gasteiger partial charge in [0.05, 0.1) is 0 Å². The van der Waals surface area contributed by atoms with Crippen molar-refractivity contribution >= 4 is 10.8 Å². The third-order valence-corrected chi connectivity index (χ3v) is 12.3. The minimum absolute atomic E-state index is 0.869. The Bertz CT molecular complexity index is 2770. The molecule has 0 radical (unpaired) electrons. The number of benzene rings is 11. The van der Waals surface area contributed by atoms with Gasteiger partial charge in [-0.1, -0.05) is 291 Å².